The van der Waals surface area contributed by atoms with Crippen LogP contribution in [0.1, 0.15) is 23.7 Å². The van der Waals surface area contributed by atoms with Crippen LogP contribution >= 0.6 is 0 Å². The number of rotatable bonds is 3. The van der Waals surface area contributed by atoms with Gasteiger partial charge in [-0.3, -0.25) is 0 Å². The molecule has 104 valence electrons. The zero-order valence-corrected chi connectivity index (χ0v) is 11.6. The van der Waals surface area contributed by atoms with E-state index in [4.69, 9.17) is 15.2 Å². The molecule has 1 saturated heterocycles. The van der Waals surface area contributed by atoms with Crippen molar-refractivity contribution >= 4 is 17.3 Å². The van der Waals surface area contributed by atoms with Crippen LogP contribution < -0.4 is 10.6 Å². The summed E-state index contributed by atoms with van der Waals surface area (Å²) in [4.78, 5) is 13.9. The molecule has 0 aliphatic carbocycles. The Kier molecular flexibility index (Phi) is 3.95. The normalized spacial score (nSPS) is 22.3. The molecule has 2 atom stereocenters. The van der Waals surface area contributed by atoms with Gasteiger partial charge in [0.05, 0.1) is 36.2 Å². The highest BCUT2D eigenvalue weighted by molar-refractivity contribution is 5.99. The third kappa shape index (κ3) is 2.51. The summed E-state index contributed by atoms with van der Waals surface area (Å²) in [5.41, 5.74) is 7.82. The van der Waals surface area contributed by atoms with E-state index in [-0.39, 0.29) is 18.1 Å². The van der Waals surface area contributed by atoms with Crippen LogP contribution in [0.25, 0.3) is 0 Å². The number of methoxy groups -OCH3 is 1. The molecular formula is C14H20N2O3. The number of nitrogen functional groups attached to an aromatic ring is 1. The number of carbonyl (C=O) groups is 1. The number of nitrogens with zero attached hydrogens (tertiary/aromatic N) is 1. The standard InChI is InChI=1S/C14H20N2O3/c1-9-12(7-8-19-9)16(2)13-10(14(17)18-3)5-4-6-11(13)15/h4-6,9,12H,7-8,15H2,1-3H3. The molecule has 0 aromatic heterocycles. The number of esters is 1. The van der Waals surface area contributed by atoms with Crippen LogP contribution in [0.2, 0.25) is 0 Å². The maximum absolute atomic E-state index is 11.9. The molecule has 1 aliphatic heterocycles. The van der Waals surface area contributed by atoms with Gasteiger partial charge in [0.1, 0.15) is 0 Å². The van der Waals surface area contributed by atoms with Gasteiger partial charge in [-0.05, 0) is 25.5 Å². The number of ether oxygens (including phenoxy) is 2. The van der Waals surface area contributed by atoms with E-state index >= 15 is 0 Å². The highest BCUT2D eigenvalue weighted by Crippen LogP contribution is 2.32. The molecule has 2 rings (SSSR count). The molecule has 1 heterocycles. The van der Waals surface area contributed by atoms with Crippen molar-refractivity contribution in [2.24, 2.45) is 0 Å². The average molecular weight is 264 g/mol. The Bertz CT molecular complexity index is 476. The SMILES string of the molecule is COC(=O)c1cccc(N)c1N(C)C1CCOC1C. The summed E-state index contributed by atoms with van der Waals surface area (Å²) in [6, 6.07) is 5.49. The van der Waals surface area contributed by atoms with Crippen molar-refractivity contribution in [3.63, 3.8) is 0 Å². The lowest BCUT2D eigenvalue weighted by Crippen LogP contribution is -2.38. The second kappa shape index (κ2) is 5.48. The number of anilines is 2. The first-order valence-corrected chi connectivity index (χ1v) is 6.37. The highest BCUT2D eigenvalue weighted by atomic mass is 16.5. The Balaban J connectivity index is 2.40. The quantitative estimate of drug-likeness (QED) is 0.664. The summed E-state index contributed by atoms with van der Waals surface area (Å²) in [6.07, 6.45) is 1.04. The summed E-state index contributed by atoms with van der Waals surface area (Å²) >= 11 is 0. The maximum Gasteiger partial charge on any atom is 0.340 e. The zero-order chi connectivity index (χ0) is 14.0. The van der Waals surface area contributed by atoms with E-state index in [0.717, 1.165) is 18.7 Å². The van der Waals surface area contributed by atoms with Crippen molar-refractivity contribution in [3.05, 3.63) is 23.8 Å². The molecule has 0 saturated carbocycles. The highest BCUT2D eigenvalue weighted by Gasteiger charge is 2.31. The molecule has 0 radical (unpaired) electrons. The Morgan fingerprint density at radius 3 is 2.84 bits per heavy atom. The van der Waals surface area contributed by atoms with E-state index in [9.17, 15) is 4.79 Å². The van der Waals surface area contributed by atoms with Crippen molar-refractivity contribution in [1.82, 2.24) is 0 Å². The molecule has 0 spiro atoms. The van der Waals surface area contributed by atoms with Crippen LogP contribution in [-0.2, 0) is 9.47 Å². The first kappa shape index (κ1) is 13.7. The van der Waals surface area contributed by atoms with Gasteiger partial charge in [-0.25, -0.2) is 4.79 Å². The number of benzene rings is 1. The molecule has 1 aromatic carbocycles. The van der Waals surface area contributed by atoms with Crippen LogP contribution in [0.15, 0.2) is 18.2 Å². The average Bonchev–Trinajstić information content (AvgIpc) is 2.83. The molecule has 0 amide bonds. The second-order valence-electron chi connectivity index (χ2n) is 4.78. The molecule has 1 aliphatic rings. The third-order valence-corrected chi connectivity index (χ3v) is 3.66. The fraction of sp³-hybridized carbons (Fsp3) is 0.500. The van der Waals surface area contributed by atoms with Crippen LogP contribution in [0.5, 0.6) is 0 Å². The first-order chi connectivity index (χ1) is 9.06. The van der Waals surface area contributed by atoms with Gasteiger partial charge in [-0.2, -0.15) is 0 Å². The minimum absolute atomic E-state index is 0.120. The van der Waals surface area contributed by atoms with Crippen LogP contribution in [0.4, 0.5) is 11.4 Å². The zero-order valence-electron chi connectivity index (χ0n) is 11.6. The Morgan fingerprint density at radius 1 is 1.53 bits per heavy atom. The van der Waals surface area contributed by atoms with Crippen molar-refractivity contribution < 1.29 is 14.3 Å². The van der Waals surface area contributed by atoms with Crippen molar-refractivity contribution in [2.75, 3.05) is 31.4 Å². The Labute approximate surface area is 113 Å². The third-order valence-electron chi connectivity index (χ3n) is 3.66. The van der Waals surface area contributed by atoms with Gasteiger partial charge in [-0.15, -0.1) is 0 Å². The number of carbonyl (C=O) groups excluding carboxylic acids is 1. The summed E-state index contributed by atoms with van der Waals surface area (Å²) in [5.74, 6) is -0.374. The van der Waals surface area contributed by atoms with E-state index in [0.29, 0.717) is 11.3 Å². The molecule has 2 unspecified atom stereocenters. The van der Waals surface area contributed by atoms with Gasteiger partial charge in [0, 0.05) is 13.7 Å². The summed E-state index contributed by atoms with van der Waals surface area (Å²) in [7, 11) is 3.31. The molecule has 5 nitrogen and oxygen atoms in total. The predicted octanol–water partition coefficient (Wildman–Crippen LogP) is 1.67. The molecule has 0 bridgehead atoms. The smallest absolute Gasteiger partial charge is 0.340 e. The lowest BCUT2D eigenvalue weighted by Gasteiger charge is -2.31. The molecule has 2 N–H and O–H groups in total. The monoisotopic (exact) mass is 264 g/mol. The van der Waals surface area contributed by atoms with E-state index in [2.05, 4.69) is 0 Å². The summed E-state index contributed by atoms with van der Waals surface area (Å²) in [5, 5.41) is 0. The summed E-state index contributed by atoms with van der Waals surface area (Å²) < 4.78 is 10.4. The number of para-hydroxylation sites is 1. The number of nitrogens with two attached hydrogens (primary N) is 1. The van der Waals surface area contributed by atoms with Crippen LogP contribution in [0.3, 0.4) is 0 Å². The van der Waals surface area contributed by atoms with E-state index in [1.54, 1.807) is 18.2 Å². The second-order valence-corrected chi connectivity index (χ2v) is 4.78. The molecule has 5 heteroatoms. The lowest BCUT2D eigenvalue weighted by atomic mass is 10.1. The lowest BCUT2D eigenvalue weighted by molar-refractivity contribution is 0.0601. The number of hydrogen-bond donors (Lipinski definition) is 1. The predicted molar refractivity (Wildman–Crippen MR) is 74.4 cm³/mol. The van der Waals surface area contributed by atoms with Crippen molar-refractivity contribution in [3.8, 4) is 0 Å². The van der Waals surface area contributed by atoms with Gasteiger partial charge >= 0.3 is 5.97 Å². The van der Waals surface area contributed by atoms with E-state index in [1.807, 2.05) is 18.9 Å². The molecule has 1 aromatic rings. The fourth-order valence-electron chi connectivity index (χ4n) is 2.62. The molecular weight excluding hydrogens is 244 g/mol. The van der Waals surface area contributed by atoms with E-state index < -0.39 is 0 Å². The number of likely N-dealkylation sites (N-methyl/N-ethyl adjacent to an activating group) is 1. The largest absolute Gasteiger partial charge is 0.465 e. The van der Waals surface area contributed by atoms with Gasteiger partial charge < -0.3 is 20.1 Å². The first-order valence-electron chi connectivity index (χ1n) is 6.37. The van der Waals surface area contributed by atoms with Gasteiger partial charge in [0.2, 0.25) is 0 Å². The van der Waals surface area contributed by atoms with Gasteiger partial charge in [0.15, 0.2) is 0 Å². The topological polar surface area (TPSA) is 64.8 Å². The van der Waals surface area contributed by atoms with Crippen molar-refractivity contribution in [2.45, 2.75) is 25.5 Å². The Hall–Kier alpha value is -1.75. The Morgan fingerprint density at radius 2 is 2.26 bits per heavy atom. The van der Waals surface area contributed by atoms with Crippen molar-refractivity contribution in [1.29, 1.82) is 0 Å². The van der Waals surface area contributed by atoms with Crippen LogP contribution in [0, 0.1) is 0 Å². The van der Waals surface area contributed by atoms with Gasteiger partial charge in [0.25, 0.3) is 0 Å². The minimum Gasteiger partial charge on any atom is -0.465 e. The fourth-order valence-corrected chi connectivity index (χ4v) is 2.62. The maximum atomic E-state index is 11.9. The molecule has 1 fully saturated rings. The molecule has 19 heavy (non-hydrogen) atoms. The van der Waals surface area contributed by atoms with E-state index in [1.165, 1.54) is 7.11 Å². The van der Waals surface area contributed by atoms with Gasteiger partial charge in [-0.1, -0.05) is 6.07 Å². The summed E-state index contributed by atoms with van der Waals surface area (Å²) in [6.45, 7) is 2.77. The van der Waals surface area contributed by atoms with Crippen LogP contribution in [-0.4, -0.2) is 38.9 Å². The minimum atomic E-state index is -0.374. The number of hydrogen-bond acceptors (Lipinski definition) is 5.